The van der Waals surface area contributed by atoms with E-state index in [2.05, 4.69) is 15.3 Å². The Balaban J connectivity index is 1.97. The number of methoxy groups -OCH3 is 1. The monoisotopic (exact) mass is 344 g/mol. The van der Waals surface area contributed by atoms with Gasteiger partial charge in [0.25, 0.3) is 5.91 Å². The summed E-state index contributed by atoms with van der Waals surface area (Å²) in [5.74, 6) is -3.06. The minimum Gasteiger partial charge on any atom is -0.494 e. The van der Waals surface area contributed by atoms with Crippen LogP contribution >= 0.6 is 0 Å². The fraction of sp³-hybridized carbons (Fsp3) is 0.125. The lowest BCUT2D eigenvalue weighted by atomic mass is 10.1. The van der Waals surface area contributed by atoms with Crippen molar-refractivity contribution in [3.63, 3.8) is 0 Å². The van der Waals surface area contributed by atoms with Crippen LogP contribution in [0.2, 0.25) is 0 Å². The number of imidazole rings is 1. The van der Waals surface area contributed by atoms with Crippen LogP contribution in [0.5, 0.6) is 5.75 Å². The number of carbonyl (C=O) groups is 2. The van der Waals surface area contributed by atoms with E-state index in [9.17, 15) is 19.1 Å². The third kappa shape index (κ3) is 2.99. The van der Waals surface area contributed by atoms with Crippen LogP contribution < -0.4 is 10.1 Å². The molecule has 0 aliphatic heterocycles. The Bertz CT molecular complexity index is 999. The molecule has 0 atom stereocenters. The molecule has 0 aliphatic carbocycles. The first kappa shape index (κ1) is 16.4. The zero-order valence-corrected chi connectivity index (χ0v) is 13.3. The van der Waals surface area contributed by atoms with Crippen molar-refractivity contribution in [1.82, 2.24) is 14.5 Å². The van der Waals surface area contributed by atoms with E-state index >= 15 is 0 Å². The number of carboxylic acids is 1. The van der Waals surface area contributed by atoms with Gasteiger partial charge in [0, 0.05) is 13.1 Å². The average Bonchev–Trinajstić information content (AvgIpc) is 2.96. The summed E-state index contributed by atoms with van der Waals surface area (Å²) in [5.41, 5.74) is 0.673. The van der Waals surface area contributed by atoms with Crippen molar-refractivity contribution >= 4 is 28.7 Å². The summed E-state index contributed by atoms with van der Waals surface area (Å²) in [7, 11) is 3.03. The number of amides is 1. The minimum absolute atomic E-state index is 0.0471. The third-order valence-corrected chi connectivity index (χ3v) is 3.59. The van der Waals surface area contributed by atoms with Crippen LogP contribution in [0.1, 0.15) is 20.8 Å². The molecule has 0 spiro atoms. The molecule has 1 aromatic carbocycles. The fourth-order valence-corrected chi connectivity index (χ4v) is 2.32. The van der Waals surface area contributed by atoms with Gasteiger partial charge in [0.2, 0.25) is 0 Å². The lowest BCUT2D eigenvalue weighted by Crippen LogP contribution is -2.16. The van der Waals surface area contributed by atoms with Gasteiger partial charge in [-0.3, -0.25) is 4.79 Å². The molecule has 1 amide bonds. The van der Waals surface area contributed by atoms with E-state index in [1.54, 1.807) is 24.0 Å². The first-order valence-electron chi connectivity index (χ1n) is 7.11. The molecular formula is C16H13FN4O4. The summed E-state index contributed by atoms with van der Waals surface area (Å²) < 4.78 is 20.3. The van der Waals surface area contributed by atoms with Gasteiger partial charge in [-0.1, -0.05) is 0 Å². The van der Waals surface area contributed by atoms with Crippen molar-refractivity contribution in [2.75, 3.05) is 12.4 Å². The van der Waals surface area contributed by atoms with Crippen LogP contribution in [0.4, 0.5) is 10.1 Å². The average molecular weight is 344 g/mol. The summed E-state index contributed by atoms with van der Waals surface area (Å²) in [4.78, 5) is 31.9. The number of ether oxygens (including phenoxy) is 1. The largest absolute Gasteiger partial charge is 0.494 e. The summed E-state index contributed by atoms with van der Waals surface area (Å²) in [6.07, 6.45) is 1.56. The highest BCUT2D eigenvalue weighted by Crippen LogP contribution is 2.27. The normalized spacial score (nSPS) is 10.7. The molecule has 0 bridgehead atoms. The first-order valence-corrected chi connectivity index (χ1v) is 7.11. The molecule has 0 fully saturated rings. The molecule has 3 rings (SSSR count). The molecule has 0 unspecified atom stereocenters. The Kier molecular flexibility index (Phi) is 4.05. The number of aromatic nitrogens is 3. The molecule has 2 aromatic heterocycles. The van der Waals surface area contributed by atoms with Crippen molar-refractivity contribution in [3.8, 4) is 5.75 Å². The van der Waals surface area contributed by atoms with Gasteiger partial charge in [0.05, 0.1) is 30.2 Å². The number of nitrogens with zero attached hydrogens (tertiary/aromatic N) is 3. The van der Waals surface area contributed by atoms with Gasteiger partial charge in [-0.05, 0) is 18.2 Å². The van der Waals surface area contributed by atoms with Gasteiger partial charge in [-0.25, -0.2) is 19.2 Å². The third-order valence-electron chi connectivity index (χ3n) is 3.59. The van der Waals surface area contributed by atoms with E-state index in [1.165, 1.54) is 13.2 Å². The Morgan fingerprint density at radius 2 is 2.08 bits per heavy atom. The van der Waals surface area contributed by atoms with Crippen molar-refractivity contribution in [1.29, 1.82) is 0 Å². The van der Waals surface area contributed by atoms with E-state index < -0.39 is 23.3 Å². The molecule has 8 nitrogen and oxygen atoms in total. The predicted molar refractivity (Wildman–Crippen MR) is 86.4 cm³/mol. The summed E-state index contributed by atoms with van der Waals surface area (Å²) in [6.45, 7) is 0. The van der Waals surface area contributed by atoms with Crippen molar-refractivity contribution < 1.29 is 23.8 Å². The number of carbonyl (C=O) groups excluding carboxylic acids is 1. The summed E-state index contributed by atoms with van der Waals surface area (Å²) in [6, 6.07) is 5.05. The van der Waals surface area contributed by atoms with Crippen molar-refractivity contribution in [2.24, 2.45) is 7.05 Å². The maximum atomic E-state index is 13.7. The Labute approximate surface area is 140 Å². The molecule has 25 heavy (non-hydrogen) atoms. The smallest absolute Gasteiger partial charge is 0.337 e. The second-order valence-electron chi connectivity index (χ2n) is 5.19. The highest BCUT2D eigenvalue weighted by Gasteiger charge is 2.19. The Morgan fingerprint density at radius 1 is 1.32 bits per heavy atom. The number of carboxylic acid groups (broad SMARTS) is 1. The molecule has 2 heterocycles. The van der Waals surface area contributed by atoms with Crippen molar-refractivity contribution in [2.45, 2.75) is 0 Å². The topological polar surface area (TPSA) is 106 Å². The first-order chi connectivity index (χ1) is 11.9. The second-order valence-corrected chi connectivity index (χ2v) is 5.19. The highest BCUT2D eigenvalue weighted by molar-refractivity contribution is 6.07. The molecule has 0 saturated carbocycles. The Morgan fingerprint density at radius 3 is 2.76 bits per heavy atom. The maximum Gasteiger partial charge on any atom is 0.337 e. The zero-order valence-electron chi connectivity index (χ0n) is 13.3. The number of fused-ring (bicyclic) bond motifs is 1. The maximum absolute atomic E-state index is 13.7. The number of hydrogen-bond acceptors (Lipinski definition) is 5. The van der Waals surface area contributed by atoms with E-state index in [0.717, 1.165) is 17.6 Å². The second kappa shape index (κ2) is 6.19. The van der Waals surface area contributed by atoms with Gasteiger partial charge >= 0.3 is 5.97 Å². The van der Waals surface area contributed by atoms with Gasteiger partial charge in [0.15, 0.2) is 17.2 Å². The molecule has 3 aromatic rings. The van der Waals surface area contributed by atoms with E-state index in [1.807, 2.05) is 0 Å². The summed E-state index contributed by atoms with van der Waals surface area (Å²) in [5, 5.41) is 11.6. The number of halogens is 1. The molecule has 0 radical (unpaired) electrons. The van der Waals surface area contributed by atoms with Crippen LogP contribution in [-0.4, -0.2) is 38.6 Å². The van der Waals surface area contributed by atoms with Crippen molar-refractivity contribution in [3.05, 3.63) is 47.7 Å². The van der Waals surface area contributed by atoms with Crippen LogP contribution in [-0.2, 0) is 7.05 Å². The van der Waals surface area contributed by atoms with E-state index in [0.29, 0.717) is 5.65 Å². The number of anilines is 1. The molecule has 128 valence electrons. The number of rotatable bonds is 4. The number of aromatic carboxylic acids is 1. The van der Waals surface area contributed by atoms with Gasteiger partial charge in [-0.2, -0.15) is 0 Å². The van der Waals surface area contributed by atoms with E-state index in [-0.39, 0.29) is 17.1 Å². The standard InChI is InChI=1S/C16H13FN4O4/c1-21-7-18-14-12(21)4-3-10(19-14)15(22)20-11-6-13(25-2)9(17)5-8(11)16(23)24/h3-7H,1-2H3,(H,20,22)(H,23,24). The minimum atomic E-state index is -1.38. The zero-order chi connectivity index (χ0) is 18.1. The molecule has 9 heteroatoms. The van der Waals surface area contributed by atoms with Crippen LogP contribution in [0, 0.1) is 5.82 Å². The number of aryl methyl sites for hydroxylation is 1. The summed E-state index contributed by atoms with van der Waals surface area (Å²) >= 11 is 0. The van der Waals surface area contributed by atoms with Gasteiger partial charge < -0.3 is 19.7 Å². The number of pyridine rings is 1. The lowest BCUT2D eigenvalue weighted by Gasteiger charge is -2.11. The molecule has 0 saturated heterocycles. The number of hydrogen-bond donors (Lipinski definition) is 2. The number of nitrogens with one attached hydrogen (secondary N) is 1. The Hall–Kier alpha value is -3.49. The van der Waals surface area contributed by atoms with E-state index in [4.69, 9.17) is 4.74 Å². The molecule has 2 N–H and O–H groups in total. The lowest BCUT2D eigenvalue weighted by molar-refractivity contribution is 0.0697. The highest BCUT2D eigenvalue weighted by atomic mass is 19.1. The SMILES string of the molecule is COc1cc(NC(=O)c2ccc3c(ncn3C)n2)c(C(=O)O)cc1F. The molecule has 0 aliphatic rings. The quantitative estimate of drug-likeness (QED) is 0.750. The van der Waals surface area contributed by atoms with Gasteiger partial charge in [0.1, 0.15) is 5.69 Å². The fourth-order valence-electron chi connectivity index (χ4n) is 2.32. The van der Waals surface area contributed by atoms with Crippen LogP contribution in [0.15, 0.2) is 30.6 Å². The predicted octanol–water partition coefficient (Wildman–Crippen LogP) is 2.07. The van der Waals surface area contributed by atoms with Crippen LogP contribution in [0.3, 0.4) is 0 Å². The van der Waals surface area contributed by atoms with Crippen LogP contribution in [0.25, 0.3) is 11.2 Å². The molecular weight excluding hydrogens is 331 g/mol. The number of benzene rings is 1. The van der Waals surface area contributed by atoms with Gasteiger partial charge in [-0.15, -0.1) is 0 Å².